The molecule has 0 amide bonds. The molecule has 0 spiro atoms. The van der Waals surface area contributed by atoms with Gasteiger partial charge in [-0.2, -0.15) is 0 Å². The number of carboxylic acid groups (broad SMARTS) is 1. The van der Waals surface area contributed by atoms with E-state index in [0.29, 0.717) is 12.0 Å². The second-order valence-electron chi connectivity index (χ2n) is 5.33. The molecule has 0 aliphatic carbocycles. The van der Waals surface area contributed by atoms with Gasteiger partial charge in [-0.3, -0.25) is 9.69 Å². The molecule has 2 fully saturated rings. The summed E-state index contributed by atoms with van der Waals surface area (Å²) in [4.78, 5) is 15.7. The van der Waals surface area contributed by atoms with Crippen LogP contribution in [0.25, 0.3) is 0 Å². The average Bonchev–Trinajstić information content (AvgIpc) is 2.66. The van der Waals surface area contributed by atoms with Crippen molar-refractivity contribution in [3.63, 3.8) is 0 Å². The van der Waals surface area contributed by atoms with Gasteiger partial charge in [0.05, 0.1) is 0 Å². The second-order valence-corrected chi connectivity index (χ2v) is 5.33. The summed E-state index contributed by atoms with van der Waals surface area (Å²) in [5.74, 6) is -0.0534. The van der Waals surface area contributed by atoms with Crippen LogP contribution in [0.15, 0.2) is 0 Å². The van der Waals surface area contributed by atoms with E-state index in [9.17, 15) is 9.90 Å². The Morgan fingerprint density at radius 2 is 2.06 bits per heavy atom. The van der Waals surface area contributed by atoms with Gasteiger partial charge in [0.2, 0.25) is 0 Å². The maximum Gasteiger partial charge on any atom is 0.320 e. The molecule has 0 aromatic carbocycles. The Balaban J connectivity index is 2.03. The lowest BCUT2D eigenvalue weighted by Gasteiger charge is -2.41. The molecule has 92 valence electrons. The number of nitrogens with zero attached hydrogens (tertiary/aromatic N) is 2. The smallest absolute Gasteiger partial charge is 0.320 e. The van der Waals surface area contributed by atoms with Crippen molar-refractivity contribution >= 4 is 5.97 Å². The Morgan fingerprint density at radius 1 is 1.31 bits per heavy atom. The van der Waals surface area contributed by atoms with E-state index >= 15 is 0 Å². The molecule has 3 unspecified atom stereocenters. The van der Waals surface area contributed by atoms with Gasteiger partial charge >= 0.3 is 5.97 Å². The molecule has 16 heavy (non-hydrogen) atoms. The molecular formula is C12H22N2O2. The summed E-state index contributed by atoms with van der Waals surface area (Å²) >= 11 is 0. The van der Waals surface area contributed by atoms with Crippen LogP contribution >= 0.6 is 0 Å². The number of rotatable bonds is 2. The Kier molecular flexibility index (Phi) is 3.50. The van der Waals surface area contributed by atoms with E-state index < -0.39 is 5.97 Å². The number of aliphatic carboxylic acids is 1. The Hall–Kier alpha value is -0.610. The predicted octanol–water partition coefficient (Wildman–Crippen LogP) is 0.876. The standard InChI is InChI=1S/C12H22N2O2/c1-9-8-13(2)7-5-10(9)14-6-3-4-11(14)12(15)16/h9-11H,3-8H2,1-2H3,(H,15,16). The second kappa shape index (κ2) is 4.72. The van der Waals surface area contributed by atoms with E-state index in [4.69, 9.17) is 0 Å². The van der Waals surface area contributed by atoms with Crippen LogP contribution in [0.2, 0.25) is 0 Å². The van der Waals surface area contributed by atoms with Gasteiger partial charge in [0.1, 0.15) is 6.04 Å². The summed E-state index contributed by atoms with van der Waals surface area (Å²) in [5, 5.41) is 9.20. The third-order valence-electron chi connectivity index (χ3n) is 4.07. The number of piperidine rings is 1. The third-order valence-corrected chi connectivity index (χ3v) is 4.07. The van der Waals surface area contributed by atoms with Crippen LogP contribution in [-0.2, 0) is 4.79 Å². The van der Waals surface area contributed by atoms with Crippen molar-refractivity contribution in [1.82, 2.24) is 9.80 Å². The highest BCUT2D eigenvalue weighted by atomic mass is 16.4. The van der Waals surface area contributed by atoms with E-state index in [1.54, 1.807) is 0 Å². The summed E-state index contributed by atoms with van der Waals surface area (Å²) in [7, 11) is 2.14. The first kappa shape index (κ1) is 11.9. The van der Waals surface area contributed by atoms with Crippen molar-refractivity contribution in [3.05, 3.63) is 0 Å². The van der Waals surface area contributed by atoms with Crippen molar-refractivity contribution in [2.24, 2.45) is 5.92 Å². The highest BCUT2D eigenvalue weighted by Crippen LogP contribution is 2.28. The molecule has 2 aliphatic rings. The minimum absolute atomic E-state index is 0.226. The minimum Gasteiger partial charge on any atom is -0.480 e. The zero-order valence-corrected chi connectivity index (χ0v) is 10.2. The molecule has 1 N–H and O–H groups in total. The van der Waals surface area contributed by atoms with E-state index in [-0.39, 0.29) is 6.04 Å². The predicted molar refractivity (Wildman–Crippen MR) is 62.4 cm³/mol. The largest absolute Gasteiger partial charge is 0.480 e. The summed E-state index contributed by atoms with van der Waals surface area (Å²) in [5.41, 5.74) is 0. The van der Waals surface area contributed by atoms with Gasteiger partial charge in [0.25, 0.3) is 0 Å². The van der Waals surface area contributed by atoms with Gasteiger partial charge in [-0.25, -0.2) is 0 Å². The van der Waals surface area contributed by atoms with Crippen molar-refractivity contribution in [2.75, 3.05) is 26.7 Å². The molecule has 3 atom stereocenters. The van der Waals surface area contributed by atoms with Crippen molar-refractivity contribution in [2.45, 2.75) is 38.3 Å². The molecule has 0 saturated carbocycles. The van der Waals surface area contributed by atoms with E-state index in [0.717, 1.165) is 38.9 Å². The van der Waals surface area contributed by atoms with E-state index in [1.807, 2.05) is 0 Å². The first-order valence-corrected chi connectivity index (χ1v) is 6.26. The fourth-order valence-electron chi connectivity index (χ4n) is 3.29. The molecular weight excluding hydrogens is 204 g/mol. The van der Waals surface area contributed by atoms with Crippen molar-refractivity contribution in [1.29, 1.82) is 0 Å². The quantitative estimate of drug-likeness (QED) is 0.759. The van der Waals surface area contributed by atoms with E-state index in [2.05, 4.69) is 23.8 Å². The van der Waals surface area contributed by atoms with E-state index in [1.165, 1.54) is 0 Å². The summed E-state index contributed by atoms with van der Waals surface area (Å²) in [6.45, 7) is 5.40. The summed E-state index contributed by atoms with van der Waals surface area (Å²) in [6.07, 6.45) is 2.98. The molecule has 4 heteroatoms. The lowest BCUT2D eigenvalue weighted by atomic mass is 9.92. The van der Waals surface area contributed by atoms with Crippen LogP contribution < -0.4 is 0 Å². The fraction of sp³-hybridized carbons (Fsp3) is 0.917. The highest BCUT2D eigenvalue weighted by Gasteiger charge is 2.38. The maximum atomic E-state index is 11.2. The monoisotopic (exact) mass is 226 g/mol. The maximum absolute atomic E-state index is 11.2. The molecule has 0 aromatic rings. The molecule has 0 bridgehead atoms. The average molecular weight is 226 g/mol. The molecule has 4 nitrogen and oxygen atoms in total. The normalized spacial score (nSPS) is 37.8. The minimum atomic E-state index is -0.636. The first-order valence-electron chi connectivity index (χ1n) is 6.26. The Bertz CT molecular complexity index is 270. The van der Waals surface area contributed by atoms with Crippen LogP contribution in [0.4, 0.5) is 0 Å². The van der Waals surface area contributed by atoms with Crippen LogP contribution in [0.1, 0.15) is 26.2 Å². The third kappa shape index (κ3) is 2.23. The number of hydrogen-bond acceptors (Lipinski definition) is 3. The fourth-order valence-corrected chi connectivity index (χ4v) is 3.29. The zero-order chi connectivity index (χ0) is 11.7. The molecule has 0 aromatic heterocycles. The first-order chi connectivity index (χ1) is 7.59. The van der Waals surface area contributed by atoms with Gasteiger partial charge in [-0.15, -0.1) is 0 Å². The van der Waals surface area contributed by atoms with Crippen LogP contribution in [0, 0.1) is 5.92 Å². The van der Waals surface area contributed by atoms with Crippen molar-refractivity contribution in [3.8, 4) is 0 Å². The molecule has 2 rings (SSSR count). The van der Waals surface area contributed by atoms with Gasteiger partial charge in [-0.05, 0) is 45.3 Å². The molecule has 2 saturated heterocycles. The Morgan fingerprint density at radius 3 is 2.69 bits per heavy atom. The summed E-state index contributed by atoms with van der Waals surface area (Å²) in [6, 6.07) is 0.246. The van der Waals surface area contributed by atoms with Crippen LogP contribution in [0.3, 0.4) is 0 Å². The van der Waals surface area contributed by atoms with Crippen LogP contribution in [-0.4, -0.2) is 59.6 Å². The van der Waals surface area contributed by atoms with Gasteiger partial charge < -0.3 is 10.0 Å². The number of carboxylic acids is 1. The topological polar surface area (TPSA) is 43.8 Å². The molecule has 2 heterocycles. The number of carbonyl (C=O) groups is 1. The van der Waals surface area contributed by atoms with Crippen molar-refractivity contribution < 1.29 is 9.90 Å². The SMILES string of the molecule is CC1CN(C)CCC1N1CCCC1C(=O)O. The number of hydrogen-bond donors (Lipinski definition) is 1. The lowest BCUT2D eigenvalue weighted by molar-refractivity contribution is -0.143. The van der Waals surface area contributed by atoms with Gasteiger partial charge in [0.15, 0.2) is 0 Å². The van der Waals surface area contributed by atoms with Crippen LogP contribution in [0.5, 0.6) is 0 Å². The Labute approximate surface area is 97.2 Å². The highest BCUT2D eigenvalue weighted by molar-refractivity contribution is 5.73. The zero-order valence-electron chi connectivity index (χ0n) is 10.2. The number of likely N-dealkylation sites (tertiary alicyclic amines) is 2. The molecule has 2 aliphatic heterocycles. The lowest BCUT2D eigenvalue weighted by Crippen LogP contribution is -2.52. The van der Waals surface area contributed by atoms with Gasteiger partial charge in [0, 0.05) is 12.6 Å². The molecule has 0 radical (unpaired) electrons. The van der Waals surface area contributed by atoms with Gasteiger partial charge in [-0.1, -0.05) is 6.92 Å². The summed E-state index contributed by atoms with van der Waals surface area (Å²) < 4.78 is 0.